The molecule has 1 aromatic rings. The number of nitrogens with one attached hydrogen (secondary N) is 1. The van der Waals surface area contributed by atoms with Crippen molar-refractivity contribution >= 4 is 0 Å². The molecule has 1 N–H and O–H groups in total. The van der Waals surface area contributed by atoms with Crippen LogP contribution >= 0.6 is 0 Å². The van der Waals surface area contributed by atoms with Gasteiger partial charge in [-0.1, -0.05) is 57.4 Å². The molecule has 0 amide bonds. The second kappa shape index (κ2) is 4.82. The summed E-state index contributed by atoms with van der Waals surface area (Å²) in [6.45, 7) is 5.65. The second-order valence-electron chi connectivity index (χ2n) is 8.00. The summed E-state index contributed by atoms with van der Waals surface area (Å²) in [4.78, 5) is 0. The highest BCUT2D eigenvalue weighted by atomic mass is 16.5. The maximum absolute atomic E-state index is 6.43. The fourth-order valence-corrected chi connectivity index (χ4v) is 4.88. The van der Waals surface area contributed by atoms with Crippen molar-refractivity contribution in [2.24, 2.45) is 0 Å². The van der Waals surface area contributed by atoms with Crippen LogP contribution in [0, 0.1) is 0 Å². The van der Waals surface area contributed by atoms with Crippen LogP contribution in [0.4, 0.5) is 0 Å². The van der Waals surface area contributed by atoms with Crippen molar-refractivity contribution in [3.8, 4) is 0 Å². The van der Waals surface area contributed by atoms with E-state index in [-0.39, 0.29) is 17.1 Å². The Hall–Kier alpha value is -0.860. The number of morpholine rings is 1. The van der Waals surface area contributed by atoms with Gasteiger partial charge < -0.3 is 10.1 Å². The summed E-state index contributed by atoms with van der Waals surface area (Å²) < 4.78 is 6.43. The van der Waals surface area contributed by atoms with E-state index in [1.54, 1.807) is 0 Å². The first-order valence-corrected chi connectivity index (χ1v) is 8.58. The highest BCUT2D eigenvalue weighted by molar-refractivity contribution is 5.39. The minimum absolute atomic E-state index is 0.237. The summed E-state index contributed by atoms with van der Waals surface area (Å²) >= 11 is 0. The van der Waals surface area contributed by atoms with E-state index in [0.717, 1.165) is 6.61 Å². The molecule has 3 aliphatic rings. The van der Waals surface area contributed by atoms with Crippen LogP contribution < -0.4 is 5.32 Å². The van der Waals surface area contributed by atoms with Crippen molar-refractivity contribution in [1.29, 1.82) is 0 Å². The van der Waals surface area contributed by atoms with E-state index in [1.807, 2.05) is 0 Å². The largest absolute Gasteiger partial charge is 0.370 e. The Morgan fingerprint density at radius 1 is 1.10 bits per heavy atom. The minimum Gasteiger partial charge on any atom is -0.370 e. The van der Waals surface area contributed by atoms with Gasteiger partial charge in [-0.3, -0.25) is 0 Å². The smallest absolute Gasteiger partial charge is 0.0982 e. The van der Waals surface area contributed by atoms with Gasteiger partial charge in [0, 0.05) is 11.6 Å². The van der Waals surface area contributed by atoms with Gasteiger partial charge >= 0.3 is 0 Å². The maximum Gasteiger partial charge on any atom is 0.0982 e. The monoisotopic (exact) mass is 285 g/mol. The Bertz CT molecular complexity index is 530. The van der Waals surface area contributed by atoms with E-state index in [4.69, 9.17) is 4.74 Å². The average Bonchev–Trinajstić information content (AvgIpc) is 2.47. The lowest BCUT2D eigenvalue weighted by Crippen LogP contribution is -2.62. The predicted molar refractivity (Wildman–Crippen MR) is 85.5 cm³/mol. The summed E-state index contributed by atoms with van der Waals surface area (Å²) in [5, 5.41) is 4.04. The topological polar surface area (TPSA) is 21.3 Å². The molecule has 1 aromatic carbocycles. The fourth-order valence-electron chi connectivity index (χ4n) is 4.88. The van der Waals surface area contributed by atoms with Gasteiger partial charge in [0.2, 0.25) is 0 Å². The molecule has 1 saturated heterocycles. The Morgan fingerprint density at radius 3 is 2.67 bits per heavy atom. The molecule has 1 aliphatic heterocycles. The number of fused-ring (bicyclic) bond motifs is 3. The van der Waals surface area contributed by atoms with E-state index >= 15 is 0 Å². The zero-order valence-corrected chi connectivity index (χ0v) is 13.3. The van der Waals surface area contributed by atoms with Crippen LogP contribution in [0.2, 0.25) is 0 Å². The van der Waals surface area contributed by atoms with E-state index in [2.05, 4.69) is 43.4 Å². The third kappa shape index (κ3) is 2.24. The lowest BCUT2D eigenvalue weighted by Gasteiger charge is -2.52. The molecule has 1 heterocycles. The molecule has 2 heteroatoms. The van der Waals surface area contributed by atoms with Crippen molar-refractivity contribution < 1.29 is 4.74 Å². The molecule has 2 aliphatic carbocycles. The molecule has 0 radical (unpaired) electrons. The van der Waals surface area contributed by atoms with Crippen molar-refractivity contribution in [3.63, 3.8) is 0 Å². The first-order chi connectivity index (χ1) is 10.1. The third-order valence-electron chi connectivity index (χ3n) is 5.93. The molecule has 114 valence electrons. The minimum atomic E-state index is 0.237. The number of ether oxygens (including phenoxy) is 1. The summed E-state index contributed by atoms with van der Waals surface area (Å²) in [5.74, 6) is 0. The van der Waals surface area contributed by atoms with Crippen LogP contribution in [0.5, 0.6) is 0 Å². The molecule has 1 saturated carbocycles. The number of hydrogen-bond acceptors (Lipinski definition) is 2. The quantitative estimate of drug-likeness (QED) is 0.775. The third-order valence-corrected chi connectivity index (χ3v) is 5.93. The lowest BCUT2D eigenvalue weighted by atomic mass is 9.68. The molecule has 1 spiro atoms. The highest BCUT2D eigenvalue weighted by Crippen LogP contribution is 2.47. The van der Waals surface area contributed by atoms with E-state index in [9.17, 15) is 0 Å². The first kappa shape index (κ1) is 13.8. The van der Waals surface area contributed by atoms with E-state index in [0.29, 0.717) is 6.04 Å². The summed E-state index contributed by atoms with van der Waals surface area (Å²) in [7, 11) is 0. The Balaban J connectivity index is 1.66. The van der Waals surface area contributed by atoms with Gasteiger partial charge in [-0.15, -0.1) is 0 Å². The second-order valence-corrected chi connectivity index (χ2v) is 8.00. The Morgan fingerprint density at radius 2 is 1.86 bits per heavy atom. The van der Waals surface area contributed by atoms with Crippen molar-refractivity contribution in [1.82, 2.24) is 5.32 Å². The van der Waals surface area contributed by atoms with Crippen LogP contribution in [-0.4, -0.2) is 18.2 Å². The van der Waals surface area contributed by atoms with Gasteiger partial charge in [-0.05, 0) is 35.8 Å². The summed E-state index contributed by atoms with van der Waals surface area (Å²) in [6.07, 6.45) is 8.11. The first-order valence-electron chi connectivity index (χ1n) is 8.58. The molecule has 0 aromatic heterocycles. The van der Waals surface area contributed by atoms with Gasteiger partial charge in [0.15, 0.2) is 0 Å². The standard InChI is InChI=1S/C19H27NO/c1-18(2)12-16-17(14-8-4-5-9-15(14)18)21-13-19(20-16)10-6-3-7-11-19/h4-5,8-9,16-17,20H,3,6-7,10-13H2,1-2H3. The number of benzene rings is 1. The lowest BCUT2D eigenvalue weighted by molar-refractivity contribution is -0.0868. The summed E-state index contributed by atoms with van der Waals surface area (Å²) in [5.41, 5.74) is 3.40. The van der Waals surface area contributed by atoms with E-state index in [1.165, 1.54) is 49.7 Å². The number of hydrogen-bond donors (Lipinski definition) is 1. The highest BCUT2D eigenvalue weighted by Gasteiger charge is 2.47. The maximum atomic E-state index is 6.43. The van der Waals surface area contributed by atoms with Crippen LogP contribution in [-0.2, 0) is 10.2 Å². The zero-order chi connectivity index (χ0) is 14.5. The fraction of sp³-hybridized carbons (Fsp3) is 0.684. The molecule has 2 nitrogen and oxygen atoms in total. The molecule has 2 unspecified atom stereocenters. The van der Waals surface area contributed by atoms with Gasteiger partial charge in [-0.2, -0.15) is 0 Å². The van der Waals surface area contributed by atoms with Crippen LogP contribution in [0.25, 0.3) is 0 Å². The van der Waals surface area contributed by atoms with Gasteiger partial charge in [-0.25, -0.2) is 0 Å². The predicted octanol–water partition coefficient (Wildman–Crippen LogP) is 4.10. The van der Waals surface area contributed by atoms with Crippen molar-refractivity contribution in [2.75, 3.05) is 6.61 Å². The van der Waals surface area contributed by atoms with Crippen molar-refractivity contribution in [2.45, 2.75) is 75.5 Å². The van der Waals surface area contributed by atoms with Crippen LogP contribution in [0.15, 0.2) is 24.3 Å². The molecule has 2 atom stereocenters. The van der Waals surface area contributed by atoms with Gasteiger partial charge in [0.25, 0.3) is 0 Å². The zero-order valence-electron chi connectivity index (χ0n) is 13.3. The molecular weight excluding hydrogens is 258 g/mol. The van der Waals surface area contributed by atoms with Gasteiger partial charge in [0.05, 0.1) is 12.7 Å². The molecule has 21 heavy (non-hydrogen) atoms. The van der Waals surface area contributed by atoms with Crippen LogP contribution in [0.1, 0.15) is 69.6 Å². The van der Waals surface area contributed by atoms with Crippen molar-refractivity contribution in [3.05, 3.63) is 35.4 Å². The molecular formula is C19H27NO. The molecule has 4 rings (SSSR count). The average molecular weight is 285 g/mol. The van der Waals surface area contributed by atoms with E-state index < -0.39 is 0 Å². The Labute approximate surface area is 128 Å². The summed E-state index contributed by atoms with van der Waals surface area (Å²) in [6, 6.07) is 9.36. The van der Waals surface area contributed by atoms with Crippen LogP contribution in [0.3, 0.4) is 0 Å². The van der Waals surface area contributed by atoms with Gasteiger partial charge in [0.1, 0.15) is 0 Å². The Kier molecular flexibility index (Phi) is 3.16. The molecule has 0 bridgehead atoms. The SMILES string of the molecule is CC1(C)CC2NC3(CCCCC3)COC2c2ccccc21. The normalized spacial score (nSPS) is 33.2. The molecule has 2 fully saturated rings. The number of rotatable bonds is 0.